The van der Waals surface area contributed by atoms with Crippen molar-refractivity contribution in [1.82, 2.24) is 10.2 Å². The van der Waals surface area contributed by atoms with E-state index in [0.29, 0.717) is 12.1 Å². The molecule has 0 saturated carbocycles. The van der Waals surface area contributed by atoms with Gasteiger partial charge in [-0.15, -0.1) is 0 Å². The van der Waals surface area contributed by atoms with Gasteiger partial charge in [0.25, 0.3) is 0 Å². The lowest BCUT2D eigenvalue weighted by molar-refractivity contribution is -0.130. The predicted molar refractivity (Wildman–Crippen MR) is 77.9 cm³/mol. The average Bonchev–Trinajstić information content (AvgIpc) is 2.40. The van der Waals surface area contributed by atoms with E-state index in [0.717, 1.165) is 0 Å². The van der Waals surface area contributed by atoms with Crippen molar-refractivity contribution >= 4 is 15.7 Å². The molecule has 1 aromatic carbocycles. The van der Waals surface area contributed by atoms with E-state index in [9.17, 15) is 17.6 Å². The molecular weight excluding hydrogens is 295 g/mol. The molecular formula is C14H19FN2O3S. The van der Waals surface area contributed by atoms with Crippen LogP contribution >= 0.6 is 0 Å². The van der Waals surface area contributed by atoms with Gasteiger partial charge in [-0.3, -0.25) is 4.79 Å². The van der Waals surface area contributed by atoms with Gasteiger partial charge < -0.3 is 10.2 Å². The molecule has 0 radical (unpaired) electrons. The molecule has 0 spiro atoms. The van der Waals surface area contributed by atoms with Crippen molar-refractivity contribution in [2.75, 3.05) is 25.1 Å². The summed E-state index contributed by atoms with van der Waals surface area (Å²) in [6.07, 6.45) is 0.101. The maximum atomic E-state index is 13.5. The Morgan fingerprint density at radius 2 is 2.14 bits per heavy atom. The molecule has 0 bridgehead atoms. The first kappa shape index (κ1) is 15.9. The van der Waals surface area contributed by atoms with Crippen LogP contribution < -0.4 is 5.32 Å². The first-order valence-corrected chi connectivity index (χ1v) is 8.61. The third kappa shape index (κ3) is 4.50. The number of amides is 1. The number of nitrogens with zero attached hydrogens (tertiary/aromatic N) is 1. The van der Waals surface area contributed by atoms with Crippen molar-refractivity contribution < 1.29 is 17.6 Å². The summed E-state index contributed by atoms with van der Waals surface area (Å²) >= 11 is 0. The first-order chi connectivity index (χ1) is 9.87. The van der Waals surface area contributed by atoms with Crippen LogP contribution in [0.25, 0.3) is 0 Å². The Balaban J connectivity index is 1.92. The van der Waals surface area contributed by atoms with Crippen LogP contribution in [-0.2, 0) is 21.2 Å². The maximum Gasteiger partial charge on any atom is 0.224 e. The van der Waals surface area contributed by atoms with Crippen molar-refractivity contribution in [1.29, 1.82) is 0 Å². The SMILES string of the molecule is CN(Cc1ccccc1F)C(=O)CC1CS(=O)(=O)CCN1. The van der Waals surface area contributed by atoms with E-state index in [1.165, 1.54) is 11.0 Å². The number of rotatable bonds is 4. The van der Waals surface area contributed by atoms with Gasteiger partial charge in [-0.2, -0.15) is 0 Å². The van der Waals surface area contributed by atoms with Crippen molar-refractivity contribution in [3.05, 3.63) is 35.6 Å². The Bertz CT molecular complexity index is 618. The molecule has 0 aromatic heterocycles. The fourth-order valence-electron chi connectivity index (χ4n) is 2.34. The zero-order valence-electron chi connectivity index (χ0n) is 11.9. The summed E-state index contributed by atoms with van der Waals surface area (Å²) in [7, 11) is -1.47. The van der Waals surface area contributed by atoms with Crippen molar-refractivity contribution in [3.63, 3.8) is 0 Å². The van der Waals surface area contributed by atoms with Crippen LogP contribution in [-0.4, -0.2) is 50.4 Å². The topological polar surface area (TPSA) is 66.5 Å². The minimum Gasteiger partial charge on any atom is -0.341 e. The molecule has 2 rings (SSSR count). The molecule has 5 nitrogen and oxygen atoms in total. The Morgan fingerprint density at radius 1 is 1.43 bits per heavy atom. The van der Waals surface area contributed by atoms with Gasteiger partial charge in [-0.1, -0.05) is 18.2 Å². The highest BCUT2D eigenvalue weighted by molar-refractivity contribution is 7.91. The molecule has 1 aliphatic heterocycles. The zero-order valence-corrected chi connectivity index (χ0v) is 12.7. The molecule has 1 aliphatic rings. The third-order valence-electron chi connectivity index (χ3n) is 3.51. The van der Waals surface area contributed by atoms with Crippen LogP contribution in [0.3, 0.4) is 0 Å². The van der Waals surface area contributed by atoms with Gasteiger partial charge in [-0.25, -0.2) is 12.8 Å². The molecule has 1 aromatic rings. The standard InChI is InChI=1S/C14H19FN2O3S/c1-17(9-11-4-2-3-5-13(11)15)14(18)8-12-10-21(19,20)7-6-16-12/h2-5,12,16H,6-10H2,1H3. The molecule has 1 N–H and O–H groups in total. The summed E-state index contributed by atoms with van der Waals surface area (Å²) in [5.74, 6) is -0.460. The number of carbonyl (C=O) groups is 1. The molecule has 1 heterocycles. The number of sulfone groups is 1. The number of benzene rings is 1. The van der Waals surface area contributed by atoms with E-state index < -0.39 is 9.84 Å². The summed E-state index contributed by atoms with van der Waals surface area (Å²) in [6.45, 7) is 0.544. The number of nitrogens with one attached hydrogen (secondary N) is 1. The van der Waals surface area contributed by atoms with Gasteiger partial charge in [0, 0.05) is 38.2 Å². The van der Waals surface area contributed by atoms with Crippen molar-refractivity contribution in [2.45, 2.75) is 19.0 Å². The average molecular weight is 314 g/mol. The lowest BCUT2D eigenvalue weighted by atomic mass is 10.1. The monoisotopic (exact) mass is 314 g/mol. The van der Waals surface area contributed by atoms with Crippen LogP contribution in [0.4, 0.5) is 4.39 Å². The number of halogens is 1. The van der Waals surface area contributed by atoms with E-state index in [-0.39, 0.29) is 42.2 Å². The number of carbonyl (C=O) groups excluding carboxylic acids is 1. The molecule has 21 heavy (non-hydrogen) atoms. The quantitative estimate of drug-likeness (QED) is 0.882. The molecule has 1 saturated heterocycles. The van der Waals surface area contributed by atoms with E-state index in [1.807, 2.05) is 0 Å². The normalized spacial score (nSPS) is 21.0. The third-order valence-corrected chi connectivity index (χ3v) is 5.25. The fourth-order valence-corrected chi connectivity index (χ4v) is 3.78. The number of hydrogen-bond donors (Lipinski definition) is 1. The largest absolute Gasteiger partial charge is 0.341 e. The molecule has 1 amide bonds. The van der Waals surface area contributed by atoms with Gasteiger partial charge in [0.15, 0.2) is 9.84 Å². The first-order valence-electron chi connectivity index (χ1n) is 6.78. The van der Waals surface area contributed by atoms with Crippen LogP contribution in [0.2, 0.25) is 0 Å². The Morgan fingerprint density at radius 3 is 2.81 bits per heavy atom. The fraction of sp³-hybridized carbons (Fsp3) is 0.500. The second kappa shape index (κ2) is 6.53. The van der Waals surface area contributed by atoms with Crippen molar-refractivity contribution in [2.24, 2.45) is 0 Å². The van der Waals surface area contributed by atoms with Crippen molar-refractivity contribution in [3.8, 4) is 0 Å². The highest BCUT2D eigenvalue weighted by Crippen LogP contribution is 2.11. The van der Waals surface area contributed by atoms with E-state index in [2.05, 4.69) is 5.32 Å². The van der Waals surface area contributed by atoms with Gasteiger partial charge in [0.05, 0.1) is 11.5 Å². The molecule has 7 heteroatoms. The minimum absolute atomic E-state index is 0.0215. The lowest BCUT2D eigenvalue weighted by Crippen LogP contribution is -2.47. The summed E-state index contributed by atoms with van der Waals surface area (Å²) in [6, 6.07) is 5.92. The predicted octanol–water partition coefficient (Wildman–Crippen LogP) is 0.561. The van der Waals surface area contributed by atoms with Crippen LogP contribution in [0.15, 0.2) is 24.3 Å². The highest BCUT2D eigenvalue weighted by atomic mass is 32.2. The van der Waals surface area contributed by atoms with Crippen LogP contribution in [0.5, 0.6) is 0 Å². The minimum atomic E-state index is -3.06. The smallest absolute Gasteiger partial charge is 0.224 e. The summed E-state index contributed by atoms with van der Waals surface area (Å²) in [5.41, 5.74) is 0.442. The second-order valence-corrected chi connectivity index (χ2v) is 7.54. The maximum absolute atomic E-state index is 13.5. The molecule has 1 atom stereocenters. The molecule has 1 unspecified atom stereocenters. The van der Waals surface area contributed by atoms with E-state index >= 15 is 0 Å². The van der Waals surface area contributed by atoms with Crippen LogP contribution in [0, 0.1) is 5.82 Å². The zero-order chi connectivity index (χ0) is 15.5. The van der Waals surface area contributed by atoms with Crippen LogP contribution in [0.1, 0.15) is 12.0 Å². The number of hydrogen-bond acceptors (Lipinski definition) is 4. The van der Waals surface area contributed by atoms with Gasteiger partial charge in [0.2, 0.25) is 5.91 Å². The van der Waals surface area contributed by atoms with E-state index in [1.54, 1.807) is 25.2 Å². The molecule has 0 aliphatic carbocycles. The Labute approximate surface area is 124 Å². The Kier molecular flexibility index (Phi) is 4.95. The second-order valence-electron chi connectivity index (χ2n) is 5.31. The molecule has 116 valence electrons. The van der Waals surface area contributed by atoms with Gasteiger partial charge >= 0.3 is 0 Å². The van der Waals surface area contributed by atoms with Gasteiger partial charge in [-0.05, 0) is 6.07 Å². The summed E-state index contributed by atoms with van der Waals surface area (Å²) < 4.78 is 36.6. The lowest BCUT2D eigenvalue weighted by Gasteiger charge is -2.25. The summed E-state index contributed by atoms with van der Waals surface area (Å²) in [4.78, 5) is 13.5. The van der Waals surface area contributed by atoms with E-state index in [4.69, 9.17) is 0 Å². The van der Waals surface area contributed by atoms with Gasteiger partial charge in [0.1, 0.15) is 5.82 Å². The highest BCUT2D eigenvalue weighted by Gasteiger charge is 2.27. The molecule has 1 fully saturated rings. The summed E-state index contributed by atoms with van der Waals surface area (Å²) in [5, 5.41) is 3.03. The Hall–Kier alpha value is -1.47.